The molecule has 0 radical (unpaired) electrons. The molecule has 2 rings (SSSR count). The fourth-order valence-corrected chi connectivity index (χ4v) is 2.09. The molecule has 0 aliphatic heterocycles. The molecule has 5 heteroatoms. The van der Waals surface area contributed by atoms with Crippen LogP contribution in [0.5, 0.6) is 0 Å². The first kappa shape index (κ1) is 11.5. The van der Waals surface area contributed by atoms with Crippen molar-refractivity contribution in [3.8, 4) is 0 Å². The smallest absolute Gasteiger partial charge is 0.141 e. The van der Waals surface area contributed by atoms with E-state index in [0.29, 0.717) is 17.4 Å². The Kier molecular flexibility index (Phi) is 3.21. The third-order valence-corrected chi connectivity index (χ3v) is 3.27. The summed E-state index contributed by atoms with van der Waals surface area (Å²) in [6.07, 6.45) is 0. The predicted molar refractivity (Wildman–Crippen MR) is 69.6 cm³/mol. The molecule has 16 heavy (non-hydrogen) atoms. The lowest BCUT2D eigenvalue weighted by Gasteiger charge is -2.04. The SMILES string of the molecule is Cc1nn(Cc2cccc(Br)c2)c(N)c1Cl. The summed E-state index contributed by atoms with van der Waals surface area (Å²) in [6.45, 7) is 2.47. The van der Waals surface area contributed by atoms with Crippen LogP contribution >= 0.6 is 27.5 Å². The molecule has 1 aromatic heterocycles. The summed E-state index contributed by atoms with van der Waals surface area (Å²) >= 11 is 9.40. The second kappa shape index (κ2) is 4.47. The van der Waals surface area contributed by atoms with E-state index in [9.17, 15) is 0 Å². The van der Waals surface area contributed by atoms with Crippen molar-refractivity contribution in [3.05, 3.63) is 45.0 Å². The molecule has 2 aromatic rings. The maximum atomic E-state index is 5.98. The van der Waals surface area contributed by atoms with Crippen molar-refractivity contribution in [2.45, 2.75) is 13.5 Å². The molecule has 0 aliphatic rings. The number of anilines is 1. The van der Waals surface area contributed by atoms with Gasteiger partial charge in [0.2, 0.25) is 0 Å². The Balaban J connectivity index is 2.30. The van der Waals surface area contributed by atoms with Crippen LogP contribution in [-0.2, 0) is 6.54 Å². The van der Waals surface area contributed by atoms with Crippen LogP contribution < -0.4 is 5.73 Å². The third-order valence-electron chi connectivity index (χ3n) is 2.31. The van der Waals surface area contributed by atoms with E-state index < -0.39 is 0 Å². The fraction of sp³-hybridized carbons (Fsp3) is 0.182. The maximum Gasteiger partial charge on any atom is 0.141 e. The van der Waals surface area contributed by atoms with Gasteiger partial charge in [0.1, 0.15) is 10.8 Å². The second-order valence-electron chi connectivity index (χ2n) is 3.57. The van der Waals surface area contributed by atoms with Crippen LogP contribution in [0.15, 0.2) is 28.7 Å². The van der Waals surface area contributed by atoms with E-state index in [-0.39, 0.29) is 0 Å². The Morgan fingerprint density at radius 2 is 2.25 bits per heavy atom. The van der Waals surface area contributed by atoms with Gasteiger partial charge < -0.3 is 5.73 Å². The Morgan fingerprint density at radius 3 is 2.81 bits per heavy atom. The molecule has 84 valence electrons. The highest BCUT2D eigenvalue weighted by Gasteiger charge is 2.10. The van der Waals surface area contributed by atoms with Gasteiger partial charge in [-0.1, -0.05) is 39.7 Å². The van der Waals surface area contributed by atoms with Gasteiger partial charge in [-0.2, -0.15) is 5.10 Å². The van der Waals surface area contributed by atoms with Gasteiger partial charge in [0.05, 0.1) is 12.2 Å². The van der Waals surface area contributed by atoms with Crippen molar-refractivity contribution in [1.29, 1.82) is 0 Å². The molecule has 0 amide bonds. The van der Waals surface area contributed by atoms with Gasteiger partial charge in [0.15, 0.2) is 0 Å². The molecule has 0 saturated heterocycles. The van der Waals surface area contributed by atoms with Gasteiger partial charge >= 0.3 is 0 Å². The van der Waals surface area contributed by atoms with E-state index in [1.807, 2.05) is 31.2 Å². The quantitative estimate of drug-likeness (QED) is 0.925. The summed E-state index contributed by atoms with van der Waals surface area (Å²) in [7, 11) is 0. The molecule has 0 atom stereocenters. The molecular weight excluding hydrogens is 289 g/mol. The zero-order chi connectivity index (χ0) is 11.7. The summed E-state index contributed by atoms with van der Waals surface area (Å²) < 4.78 is 2.75. The van der Waals surface area contributed by atoms with E-state index in [1.165, 1.54) is 0 Å². The first-order chi connectivity index (χ1) is 7.58. The monoisotopic (exact) mass is 299 g/mol. The first-order valence-corrected chi connectivity index (χ1v) is 5.98. The standard InChI is InChI=1S/C11H11BrClN3/c1-7-10(13)11(14)16(15-7)6-8-3-2-4-9(12)5-8/h2-5H,6,14H2,1H3. The number of halogens is 2. The fourth-order valence-electron chi connectivity index (χ4n) is 1.51. The zero-order valence-electron chi connectivity index (χ0n) is 8.74. The summed E-state index contributed by atoms with van der Waals surface area (Å²) in [5.74, 6) is 0.513. The van der Waals surface area contributed by atoms with E-state index in [4.69, 9.17) is 17.3 Å². The van der Waals surface area contributed by atoms with Crippen LogP contribution in [0.4, 0.5) is 5.82 Å². The molecule has 1 aromatic carbocycles. The van der Waals surface area contributed by atoms with Crippen molar-refractivity contribution < 1.29 is 0 Å². The van der Waals surface area contributed by atoms with Crippen LogP contribution in [0.2, 0.25) is 5.02 Å². The van der Waals surface area contributed by atoms with E-state index in [2.05, 4.69) is 21.0 Å². The average molecular weight is 301 g/mol. The van der Waals surface area contributed by atoms with Gasteiger partial charge in [-0.3, -0.25) is 0 Å². The number of nitrogens with two attached hydrogens (primary N) is 1. The molecule has 0 spiro atoms. The van der Waals surface area contributed by atoms with Crippen LogP contribution in [-0.4, -0.2) is 9.78 Å². The second-order valence-corrected chi connectivity index (χ2v) is 4.87. The summed E-state index contributed by atoms with van der Waals surface area (Å²) in [5.41, 5.74) is 7.73. The molecule has 2 N–H and O–H groups in total. The Bertz CT molecular complexity index is 522. The third kappa shape index (κ3) is 2.23. The van der Waals surface area contributed by atoms with Crippen LogP contribution in [0.3, 0.4) is 0 Å². The van der Waals surface area contributed by atoms with E-state index >= 15 is 0 Å². The Morgan fingerprint density at radius 1 is 1.50 bits per heavy atom. The normalized spacial score (nSPS) is 10.7. The predicted octanol–water partition coefficient (Wildman–Crippen LogP) is 3.24. The number of hydrogen-bond acceptors (Lipinski definition) is 2. The van der Waals surface area contributed by atoms with E-state index in [0.717, 1.165) is 15.7 Å². The number of benzene rings is 1. The van der Waals surface area contributed by atoms with E-state index in [1.54, 1.807) is 4.68 Å². The highest BCUT2D eigenvalue weighted by molar-refractivity contribution is 9.10. The number of nitrogens with zero attached hydrogens (tertiary/aromatic N) is 2. The van der Waals surface area contributed by atoms with Crippen LogP contribution in [0.25, 0.3) is 0 Å². The molecule has 0 saturated carbocycles. The van der Waals surface area contributed by atoms with Gasteiger partial charge in [-0.25, -0.2) is 4.68 Å². The molecule has 0 aliphatic carbocycles. The van der Waals surface area contributed by atoms with Gasteiger partial charge in [0, 0.05) is 4.47 Å². The highest BCUT2D eigenvalue weighted by Crippen LogP contribution is 2.23. The van der Waals surface area contributed by atoms with Crippen molar-refractivity contribution >= 4 is 33.3 Å². The molecule has 0 unspecified atom stereocenters. The Hall–Kier alpha value is -1.00. The number of rotatable bonds is 2. The minimum absolute atomic E-state index is 0.513. The summed E-state index contributed by atoms with van der Waals surface area (Å²) in [4.78, 5) is 0. The molecule has 0 bridgehead atoms. The lowest BCUT2D eigenvalue weighted by atomic mass is 10.2. The van der Waals surface area contributed by atoms with Gasteiger partial charge in [0.25, 0.3) is 0 Å². The maximum absolute atomic E-state index is 5.98. The summed E-state index contributed by atoms with van der Waals surface area (Å²) in [6, 6.07) is 8.02. The number of aryl methyl sites for hydroxylation is 1. The van der Waals surface area contributed by atoms with Crippen molar-refractivity contribution in [3.63, 3.8) is 0 Å². The number of aromatic nitrogens is 2. The topological polar surface area (TPSA) is 43.8 Å². The number of hydrogen-bond donors (Lipinski definition) is 1. The first-order valence-electron chi connectivity index (χ1n) is 4.81. The van der Waals surface area contributed by atoms with Crippen LogP contribution in [0, 0.1) is 6.92 Å². The van der Waals surface area contributed by atoms with Gasteiger partial charge in [-0.05, 0) is 24.6 Å². The zero-order valence-corrected chi connectivity index (χ0v) is 11.1. The minimum Gasteiger partial charge on any atom is -0.383 e. The van der Waals surface area contributed by atoms with Crippen molar-refractivity contribution in [1.82, 2.24) is 9.78 Å². The lowest BCUT2D eigenvalue weighted by molar-refractivity contribution is 0.689. The van der Waals surface area contributed by atoms with Crippen molar-refractivity contribution in [2.24, 2.45) is 0 Å². The lowest BCUT2D eigenvalue weighted by Crippen LogP contribution is -2.05. The Labute approximate surface area is 107 Å². The summed E-state index contributed by atoms with van der Waals surface area (Å²) in [5, 5.41) is 4.82. The number of nitrogen functional groups attached to an aromatic ring is 1. The minimum atomic E-state index is 0.513. The van der Waals surface area contributed by atoms with Crippen LogP contribution in [0.1, 0.15) is 11.3 Å². The van der Waals surface area contributed by atoms with Crippen molar-refractivity contribution in [2.75, 3.05) is 5.73 Å². The van der Waals surface area contributed by atoms with Gasteiger partial charge in [-0.15, -0.1) is 0 Å². The largest absolute Gasteiger partial charge is 0.383 e. The molecular formula is C11H11BrClN3. The molecule has 3 nitrogen and oxygen atoms in total. The highest BCUT2D eigenvalue weighted by atomic mass is 79.9. The molecule has 1 heterocycles. The average Bonchev–Trinajstić information content (AvgIpc) is 2.47. The molecule has 0 fully saturated rings.